The predicted octanol–water partition coefficient (Wildman–Crippen LogP) is 6.07. The number of furan rings is 1. The van der Waals surface area contributed by atoms with Crippen LogP contribution in [0.1, 0.15) is 43.6 Å². The number of carbonyl (C=O) groups excluding carboxylic acids is 2. The molecule has 0 aliphatic carbocycles. The van der Waals surface area contributed by atoms with Crippen molar-refractivity contribution in [2.75, 3.05) is 12.4 Å². The predicted molar refractivity (Wildman–Crippen MR) is 136 cm³/mol. The molecule has 1 amide bonds. The van der Waals surface area contributed by atoms with Gasteiger partial charge in [-0.2, -0.15) is 5.10 Å². The molecule has 186 valence electrons. The number of nitrogens with zero attached hydrogens (tertiary/aromatic N) is 2. The molecule has 0 fully saturated rings. The van der Waals surface area contributed by atoms with E-state index >= 15 is 0 Å². The number of anilines is 1. The highest BCUT2D eigenvalue weighted by Gasteiger charge is 2.19. The van der Waals surface area contributed by atoms with Crippen LogP contribution in [0.2, 0.25) is 10.0 Å². The quantitative estimate of drug-likeness (QED) is 0.279. The maximum Gasteiger partial charge on any atom is 0.337 e. The van der Waals surface area contributed by atoms with Crippen LogP contribution in [0.3, 0.4) is 0 Å². The summed E-state index contributed by atoms with van der Waals surface area (Å²) in [6, 6.07) is 15.1. The first kappa shape index (κ1) is 25.3. The smallest absolute Gasteiger partial charge is 0.337 e. The van der Waals surface area contributed by atoms with Crippen molar-refractivity contribution < 1.29 is 23.5 Å². The van der Waals surface area contributed by atoms with E-state index in [0.717, 1.165) is 11.3 Å². The molecular formula is C26H23Cl2N3O5. The number of aryl methyl sites for hydroxylation is 1. The van der Waals surface area contributed by atoms with Gasteiger partial charge in [0.25, 0.3) is 5.91 Å². The minimum absolute atomic E-state index is 0.111. The van der Waals surface area contributed by atoms with Crippen molar-refractivity contribution in [1.29, 1.82) is 0 Å². The number of carbonyl (C=O) groups is 2. The molecule has 1 N–H and O–H groups in total. The topological polar surface area (TPSA) is 95.6 Å². The van der Waals surface area contributed by atoms with Gasteiger partial charge in [-0.25, -0.2) is 4.79 Å². The number of hydrogen-bond donors (Lipinski definition) is 1. The monoisotopic (exact) mass is 527 g/mol. The Hall–Kier alpha value is -3.75. The van der Waals surface area contributed by atoms with Crippen LogP contribution in [0.15, 0.2) is 59.0 Å². The Morgan fingerprint density at radius 2 is 1.72 bits per heavy atom. The average Bonchev–Trinajstić information content (AvgIpc) is 3.45. The average molecular weight is 528 g/mol. The van der Waals surface area contributed by atoms with Gasteiger partial charge in [-0.05, 0) is 62.4 Å². The fourth-order valence-corrected chi connectivity index (χ4v) is 4.09. The number of ether oxygens (including phenoxy) is 2. The maximum absolute atomic E-state index is 12.8. The number of hydrogen-bond acceptors (Lipinski definition) is 6. The third-order valence-electron chi connectivity index (χ3n) is 5.53. The van der Waals surface area contributed by atoms with Gasteiger partial charge < -0.3 is 19.2 Å². The largest absolute Gasteiger partial charge is 0.486 e. The van der Waals surface area contributed by atoms with E-state index in [1.54, 1.807) is 66.2 Å². The van der Waals surface area contributed by atoms with E-state index < -0.39 is 11.9 Å². The van der Waals surface area contributed by atoms with Crippen molar-refractivity contribution in [2.24, 2.45) is 0 Å². The number of benzene rings is 2. The molecule has 0 unspecified atom stereocenters. The van der Waals surface area contributed by atoms with Crippen LogP contribution >= 0.6 is 23.2 Å². The Bertz CT molecular complexity index is 1390. The zero-order chi connectivity index (χ0) is 25.8. The van der Waals surface area contributed by atoms with Crippen LogP contribution in [0.25, 0.3) is 0 Å². The summed E-state index contributed by atoms with van der Waals surface area (Å²) < 4.78 is 17.8. The normalized spacial score (nSPS) is 10.8. The van der Waals surface area contributed by atoms with Gasteiger partial charge in [0.05, 0.1) is 36.3 Å². The minimum Gasteiger partial charge on any atom is -0.486 e. The van der Waals surface area contributed by atoms with E-state index in [1.165, 1.54) is 7.11 Å². The number of esters is 1. The molecule has 0 saturated carbocycles. The summed E-state index contributed by atoms with van der Waals surface area (Å²) >= 11 is 12.6. The van der Waals surface area contributed by atoms with Crippen LogP contribution in [0.5, 0.6) is 5.75 Å². The molecule has 0 saturated heterocycles. The second-order valence-corrected chi connectivity index (χ2v) is 8.74. The molecule has 0 aliphatic heterocycles. The Kier molecular flexibility index (Phi) is 7.67. The van der Waals surface area contributed by atoms with Crippen LogP contribution in [0, 0.1) is 13.8 Å². The standard InChI is InChI=1S/C26H23Cl2N3O5/c1-15-24(16(2)31(30-15)13-20-21(27)5-4-6-22(20)28)29-25(32)23-12-11-19(36-23)14-35-18-9-7-17(8-10-18)26(33)34-3/h4-12H,13-14H2,1-3H3,(H,29,32). The molecule has 4 rings (SSSR count). The second-order valence-electron chi connectivity index (χ2n) is 7.93. The van der Waals surface area contributed by atoms with Crippen molar-refractivity contribution in [3.8, 4) is 5.75 Å². The lowest BCUT2D eigenvalue weighted by Gasteiger charge is -2.09. The molecule has 36 heavy (non-hydrogen) atoms. The first-order chi connectivity index (χ1) is 17.3. The van der Waals surface area contributed by atoms with Crippen LogP contribution in [-0.2, 0) is 17.9 Å². The van der Waals surface area contributed by atoms with E-state index in [9.17, 15) is 9.59 Å². The number of amides is 1. The van der Waals surface area contributed by atoms with Gasteiger partial charge in [-0.3, -0.25) is 9.48 Å². The van der Waals surface area contributed by atoms with Gasteiger partial charge in [0.1, 0.15) is 18.1 Å². The summed E-state index contributed by atoms with van der Waals surface area (Å²) in [5, 5.41) is 8.50. The third kappa shape index (κ3) is 5.56. The minimum atomic E-state index is -0.424. The molecule has 0 atom stereocenters. The highest BCUT2D eigenvalue weighted by atomic mass is 35.5. The van der Waals surface area contributed by atoms with E-state index in [1.807, 2.05) is 6.92 Å². The van der Waals surface area contributed by atoms with Gasteiger partial charge in [-0.15, -0.1) is 0 Å². The van der Waals surface area contributed by atoms with E-state index in [0.29, 0.717) is 45.0 Å². The Morgan fingerprint density at radius 1 is 1.03 bits per heavy atom. The molecule has 0 aliphatic rings. The molecule has 10 heteroatoms. The van der Waals surface area contributed by atoms with Gasteiger partial charge in [0.2, 0.25) is 0 Å². The lowest BCUT2D eigenvalue weighted by molar-refractivity contribution is 0.0600. The van der Waals surface area contributed by atoms with Gasteiger partial charge in [0.15, 0.2) is 5.76 Å². The van der Waals surface area contributed by atoms with Gasteiger partial charge in [-0.1, -0.05) is 29.3 Å². The number of methoxy groups -OCH3 is 1. The highest BCUT2D eigenvalue weighted by Crippen LogP contribution is 2.28. The highest BCUT2D eigenvalue weighted by molar-refractivity contribution is 6.36. The van der Waals surface area contributed by atoms with Crippen LogP contribution < -0.4 is 10.1 Å². The van der Waals surface area contributed by atoms with E-state index in [-0.39, 0.29) is 12.4 Å². The summed E-state index contributed by atoms with van der Waals surface area (Å²) in [5.41, 5.74) is 3.16. The molecule has 0 radical (unpaired) electrons. The van der Waals surface area contributed by atoms with E-state index in [4.69, 9.17) is 32.4 Å². The molecule has 0 bridgehead atoms. The zero-order valence-electron chi connectivity index (χ0n) is 19.8. The van der Waals surface area contributed by atoms with Crippen molar-refractivity contribution in [3.05, 3.63) is 98.7 Å². The first-order valence-electron chi connectivity index (χ1n) is 10.9. The fraction of sp³-hybridized carbons (Fsp3) is 0.192. The summed E-state index contributed by atoms with van der Waals surface area (Å²) in [6.07, 6.45) is 0. The summed E-state index contributed by atoms with van der Waals surface area (Å²) in [7, 11) is 1.32. The molecule has 2 aromatic carbocycles. The van der Waals surface area contributed by atoms with Crippen molar-refractivity contribution in [2.45, 2.75) is 27.0 Å². The Morgan fingerprint density at radius 3 is 2.39 bits per heavy atom. The van der Waals surface area contributed by atoms with Gasteiger partial charge in [0, 0.05) is 15.6 Å². The third-order valence-corrected chi connectivity index (χ3v) is 6.24. The Balaban J connectivity index is 1.40. The van der Waals surface area contributed by atoms with Gasteiger partial charge >= 0.3 is 5.97 Å². The summed E-state index contributed by atoms with van der Waals surface area (Å²) in [5.74, 6) is 0.310. The number of aromatic nitrogens is 2. The summed E-state index contributed by atoms with van der Waals surface area (Å²) in [6.45, 7) is 4.14. The first-order valence-corrected chi connectivity index (χ1v) is 11.7. The van der Waals surface area contributed by atoms with Crippen molar-refractivity contribution in [1.82, 2.24) is 9.78 Å². The second kappa shape index (κ2) is 10.9. The lowest BCUT2D eigenvalue weighted by atomic mass is 10.2. The number of nitrogens with one attached hydrogen (secondary N) is 1. The van der Waals surface area contributed by atoms with Crippen LogP contribution in [0.4, 0.5) is 5.69 Å². The number of halogens is 2. The van der Waals surface area contributed by atoms with Crippen molar-refractivity contribution in [3.63, 3.8) is 0 Å². The zero-order valence-corrected chi connectivity index (χ0v) is 21.3. The van der Waals surface area contributed by atoms with Crippen molar-refractivity contribution >= 4 is 40.8 Å². The molecule has 2 heterocycles. The molecule has 8 nitrogen and oxygen atoms in total. The molecule has 2 aromatic heterocycles. The molecular weight excluding hydrogens is 505 g/mol. The Labute approximate surface area is 217 Å². The maximum atomic E-state index is 12.8. The van der Waals surface area contributed by atoms with E-state index in [2.05, 4.69) is 15.2 Å². The van der Waals surface area contributed by atoms with Crippen LogP contribution in [-0.4, -0.2) is 28.8 Å². The molecule has 0 spiro atoms. The fourth-order valence-electron chi connectivity index (χ4n) is 3.58. The SMILES string of the molecule is COC(=O)c1ccc(OCc2ccc(C(=O)Nc3c(C)nn(Cc4c(Cl)cccc4Cl)c3C)o2)cc1. The molecule has 4 aromatic rings. The number of rotatable bonds is 8. The summed E-state index contributed by atoms with van der Waals surface area (Å²) in [4.78, 5) is 24.4. The lowest BCUT2D eigenvalue weighted by Crippen LogP contribution is -2.12.